The lowest BCUT2D eigenvalue weighted by molar-refractivity contribution is -0.285. The summed E-state index contributed by atoms with van der Waals surface area (Å²) in [5.74, 6) is 4.20. The number of hydrogen-bond acceptors (Lipinski definition) is 14. The summed E-state index contributed by atoms with van der Waals surface area (Å²) in [6.07, 6.45) is 15.2. The van der Waals surface area contributed by atoms with Crippen LogP contribution >= 0.6 is 0 Å². The zero-order valence-corrected chi connectivity index (χ0v) is 99.6. The first-order chi connectivity index (χ1) is 65.3. The molecular formula is C130H206O14. The van der Waals surface area contributed by atoms with Crippen LogP contribution < -0.4 is 0 Å². The van der Waals surface area contributed by atoms with E-state index in [0.717, 1.165) is 146 Å². The van der Waals surface area contributed by atoms with Crippen molar-refractivity contribution < 1.29 is 69.3 Å². The van der Waals surface area contributed by atoms with E-state index in [1.807, 2.05) is 24.3 Å². The molecule has 0 spiro atoms. The van der Waals surface area contributed by atoms with E-state index in [1.165, 1.54) is 74.1 Å². The Hall–Kier alpha value is -7.69. The average Bonchev–Trinajstić information content (AvgIpc) is 0.839. The summed E-state index contributed by atoms with van der Waals surface area (Å²) in [5, 5.41) is 74.1. The second-order valence-corrected chi connectivity index (χ2v) is 57.0. The first-order valence-corrected chi connectivity index (χ1v) is 54.2. The molecule has 10 rings (SSSR count). The van der Waals surface area contributed by atoms with Gasteiger partial charge in [0.2, 0.25) is 0 Å². The number of benzene rings is 7. The summed E-state index contributed by atoms with van der Waals surface area (Å²) in [4.78, 5) is 17.2. The van der Waals surface area contributed by atoms with Crippen LogP contribution in [-0.4, -0.2) is 68.3 Å². The van der Waals surface area contributed by atoms with E-state index in [0.29, 0.717) is 65.5 Å². The van der Waals surface area contributed by atoms with Gasteiger partial charge >= 0.3 is 5.97 Å². The Labute approximate surface area is 878 Å². The van der Waals surface area contributed by atoms with Gasteiger partial charge in [-0.15, -0.1) is 0 Å². The molecule has 1 saturated carbocycles. The van der Waals surface area contributed by atoms with Crippen molar-refractivity contribution in [3.8, 4) is 34.5 Å². The second-order valence-electron chi connectivity index (χ2n) is 57.0. The number of esters is 1. The third-order valence-corrected chi connectivity index (χ3v) is 28.1. The molecule has 2 saturated heterocycles. The summed E-state index contributed by atoms with van der Waals surface area (Å²) in [7, 11) is 0. The van der Waals surface area contributed by atoms with Crippen molar-refractivity contribution >= 4 is 5.97 Å². The third kappa shape index (κ3) is 38.1. The number of phenolic OH excluding ortho intramolecular Hbond substituents is 6. The molecule has 2 aliphatic heterocycles. The molecular weight excluding hydrogens is 1790 g/mol. The normalized spacial score (nSPS) is 18.0. The maximum Gasteiger partial charge on any atom is 0.331 e. The molecule has 1 atom stereocenters. The smallest absolute Gasteiger partial charge is 0.331 e. The highest BCUT2D eigenvalue weighted by Crippen LogP contribution is 2.52. The number of ether oxygens (including phenoxy) is 5. The van der Waals surface area contributed by atoms with Gasteiger partial charge in [-0.2, -0.15) is 0 Å². The van der Waals surface area contributed by atoms with Crippen LogP contribution in [-0.2, 0) is 98.3 Å². The maximum atomic E-state index is 12.2. The highest BCUT2D eigenvalue weighted by molar-refractivity contribution is 5.81. The molecule has 1 unspecified atom stereocenters. The van der Waals surface area contributed by atoms with Crippen molar-refractivity contribution in [2.45, 2.75) is 492 Å². The lowest BCUT2D eigenvalue weighted by Gasteiger charge is -2.36. The summed E-state index contributed by atoms with van der Waals surface area (Å²) in [5.41, 5.74) is 19.3. The highest BCUT2D eigenvalue weighted by Gasteiger charge is 2.40. The third-order valence-electron chi connectivity index (χ3n) is 28.1. The molecule has 0 amide bonds. The van der Waals surface area contributed by atoms with E-state index in [9.17, 15) is 40.7 Å². The van der Waals surface area contributed by atoms with Gasteiger partial charge in [0.1, 0.15) is 40.6 Å². The minimum atomic E-state index is -0.465. The molecule has 7 aromatic carbocycles. The zero-order chi connectivity index (χ0) is 110. The molecule has 0 aromatic heterocycles. The molecule has 14 nitrogen and oxygen atoms in total. The molecule has 3 aliphatic rings. The fourth-order valence-electron chi connectivity index (χ4n) is 20.7. The molecule has 7 aromatic rings. The van der Waals surface area contributed by atoms with Crippen molar-refractivity contribution in [1.82, 2.24) is 0 Å². The topological polar surface area (TPSA) is 214 Å². The van der Waals surface area contributed by atoms with E-state index < -0.39 is 12.1 Å². The molecule has 144 heavy (non-hydrogen) atoms. The quantitative estimate of drug-likeness (QED) is 0.00945. The van der Waals surface area contributed by atoms with Crippen LogP contribution in [0.3, 0.4) is 0 Å². The van der Waals surface area contributed by atoms with Crippen LogP contribution in [0.1, 0.15) is 517 Å². The Bertz CT molecular complexity index is 5010. The van der Waals surface area contributed by atoms with Crippen molar-refractivity contribution in [3.05, 3.63) is 221 Å². The predicted octanol–water partition coefficient (Wildman–Crippen LogP) is 36.0. The molecule has 14 heteroatoms. The number of aromatic hydroxyl groups is 6. The van der Waals surface area contributed by atoms with Crippen LogP contribution in [0.15, 0.2) is 110 Å². The number of unbranched alkanes of at least 4 members (excludes halogenated alkanes) is 2. The first kappa shape index (κ1) is 127. The van der Waals surface area contributed by atoms with E-state index in [1.54, 1.807) is 12.1 Å². The van der Waals surface area contributed by atoms with Gasteiger partial charge in [0.05, 0.1) is 26.4 Å². The number of carbonyl (C=O) groups excluding carboxylic acids is 1. The molecule has 0 bridgehead atoms. The van der Waals surface area contributed by atoms with Gasteiger partial charge in [-0.25, -0.2) is 9.68 Å². The lowest BCUT2D eigenvalue weighted by atomic mass is 9.69. The van der Waals surface area contributed by atoms with Crippen molar-refractivity contribution in [2.24, 2.45) is 34.5 Å². The molecule has 2 heterocycles. The summed E-state index contributed by atoms with van der Waals surface area (Å²) < 4.78 is 29.6. The molecule has 0 radical (unpaired) electrons. The number of aryl methyl sites for hydroxylation is 3. The first-order valence-electron chi connectivity index (χ1n) is 54.2. The lowest BCUT2D eigenvalue weighted by Crippen LogP contribution is -2.28. The van der Waals surface area contributed by atoms with Gasteiger partial charge in [-0.3, -0.25) is 5.26 Å². The van der Waals surface area contributed by atoms with Gasteiger partial charge in [0, 0.05) is 40.2 Å². The maximum absolute atomic E-state index is 12.2. The van der Waals surface area contributed by atoms with Crippen molar-refractivity contribution in [1.29, 1.82) is 0 Å². The Morgan fingerprint density at radius 2 is 0.653 bits per heavy atom. The highest BCUT2D eigenvalue weighted by atomic mass is 17.1. The minimum Gasteiger partial charge on any atom is -0.508 e. The monoisotopic (exact) mass is 1990 g/mol. The van der Waals surface area contributed by atoms with Gasteiger partial charge < -0.3 is 54.3 Å². The zero-order valence-electron chi connectivity index (χ0n) is 99.6. The largest absolute Gasteiger partial charge is 0.508 e. The standard InChI is InChI=1S/C27H46O3.C26H34O2.C22H38O2.C21H34O3.C19H30O3.C15H24O/c1-8-9-10-11-19-12-14-20(15-13-19)16-24(30-29)21-17-22(26(2,3)4)25(28)23(18-21)27(5,6)7;1-10-23(27)28-24(19-11-17(2)13-21(15-19)25(4,5)6)20-12-18(3)14-22(16-20)26(7,8)9;1-19(2,3)13-21(7,8)15-11-18(24)16(12-17(15)23)22(9,10)14-20(4,5)6;1-8-9-14-12-23-19(24-13-14)15-10-16(20(2,3)4)18(22)17(11-15)21(5,6)7;1-12-10-21-17(22-11-12)13-8-14(18(2,3)4)16(20)15(9-13)19(5,6)7;1-10-8-11(14(2,3)4)13(16)12(9-10)15(5,6)7/h17-20,24,28-29H,8-16H2,1-7H3;10-16,24H,1H2,2-9H3;11-12,23-24H,13-14H2,1-10H3;10-11,14,19,22H,8-9,12-13H2,1-7H3;8-9,12,17,20H,10-11H2,1-7H3;8-9,16H,1-7H3. The minimum absolute atomic E-state index is 0.0109. The Morgan fingerprint density at radius 3 is 0.938 bits per heavy atom. The second kappa shape index (κ2) is 49.8. The van der Waals surface area contributed by atoms with Gasteiger partial charge in [0.25, 0.3) is 0 Å². The number of phenols is 6. The number of rotatable bonds is 20. The van der Waals surface area contributed by atoms with E-state index >= 15 is 0 Å². The molecule has 810 valence electrons. The van der Waals surface area contributed by atoms with E-state index in [4.69, 9.17) is 28.6 Å². The van der Waals surface area contributed by atoms with Gasteiger partial charge in [0.15, 0.2) is 18.7 Å². The van der Waals surface area contributed by atoms with Gasteiger partial charge in [-0.05, 0) is 255 Å². The van der Waals surface area contributed by atoms with Crippen LogP contribution in [0.25, 0.3) is 0 Å². The van der Waals surface area contributed by atoms with E-state index in [-0.39, 0.29) is 94.5 Å². The van der Waals surface area contributed by atoms with Crippen molar-refractivity contribution in [3.63, 3.8) is 0 Å². The van der Waals surface area contributed by atoms with Crippen LogP contribution in [0.5, 0.6) is 34.5 Å². The van der Waals surface area contributed by atoms with Crippen molar-refractivity contribution in [2.75, 3.05) is 26.4 Å². The number of carbonyl (C=O) groups is 1. The van der Waals surface area contributed by atoms with Crippen LogP contribution in [0, 0.1) is 55.3 Å². The Kier molecular flexibility index (Phi) is 43.9. The summed E-state index contributed by atoms with van der Waals surface area (Å²) in [6.45, 7) is 105. The molecule has 7 N–H and O–H groups in total. The SMILES string of the molecule is C=CC(=O)OC(c1cc(C)cc(C(C)(C)C)c1)c1cc(C)cc(C(C)(C)C)c1.CC(C)(C)CC(C)(C)c1cc(O)c(C(C)(C)CC(C)(C)C)cc1O.CC1COC(c2cc(C(C)(C)C)c(O)c(C(C)(C)C)c2)OC1.CCCC1COC(c2cc(C(C)(C)C)c(O)c(C(C)(C)C)c2)OC1.CCCCCC1CCC(CC(OO)c2cc(C(C)(C)C)c(O)c(C(C)(C)C)c2)CC1.Cc1cc(C(C)(C)C)c(O)c(C(C)(C)C)c1. The Balaban J connectivity index is 0.000000307. The summed E-state index contributed by atoms with van der Waals surface area (Å²) in [6, 6.07) is 32.9. The molecule has 3 fully saturated rings. The fourth-order valence-corrected chi connectivity index (χ4v) is 20.7. The fraction of sp³-hybridized carbons (Fsp3) is 0.654. The van der Waals surface area contributed by atoms with E-state index in [2.05, 4.69) is 386 Å². The predicted molar refractivity (Wildman–Crippen MR) is 606 cm³/mol. The van der Waals surface area contributed by atoms with Crippen LogP contribution in [0.4, 0.5) is 0 Å². The Morgan fingerprint density at radius 1 is 0.354 bits per heavy atom. The molecule has 1 aliphatic carbocycles. The number of hydrogen-bond donors (Lipinski definition) is 7. The van der Waals surface area contributed by atoms with Gasteiger partial charge in [-0.1, -0.05) is 427 Å². The average molecular weight is 1990 g/mol. The van der Waals surface area contributed by atoms with Crippen LogP contribution in [0.2, 0.25) is 0 Å². The summed E-state index contributed by atoms with van der Waals surface area (Å²) >= 11 is 0.